The molecule has 4 rings (SSSR count). The number of ether oxygens (including phenoxy) is 2. The molecule has 0 saturated carbocycles. The van der Waals surface area contributed by atoms with Crippen molar-refractivity contribution in [3.63, 3.8) is 0 Å². The second kappa shape index (κ2) is 10.5. The summed E-state index contributed by atoms with van der Waals surface area (Å²) in [6.45, 7) is 1.50. The summed E-state index contributed by atoms with van der Waals surface area (Å²) < 4.78 is 19.5. The second-order valence-electron chi connectivity index (χ2n) is 7.81. The maximum absolute atomic E-state index is 13.1. The molecular formula is C24H26BrNO5Se. The molecule has 1 aliphatic rings. The van der Waals surface area contributed by atoms with E-state index in [9.17, 15) is 9.59 Å². The third-order valence-corrected chi connectivity index (χ3v) is 9.83. The van der Waals surface area contributed by atoms with E-state index in [1.165, 1.54) is 22.9 Å². The van der Waals surface area contributed by atoms with Crippen molar-refractivity contribution < 1.29 is 18.7 Å². The number of hydrogen-bond acceptors (Lipinski definition) is 5. The zero-order chi connectivity index (χ0) is 22.7. The van der Waals surface area contributed by atoms with Crippen LogP contribution in [-0.4, -0.2) is 65.8 Å². The van der Waals surface area contributed by atoms with E-state index in [0.717, 1.165) is 32.3 Å². The number of halogens is 1. The summed E-state index contributed by atoms with van der Waals surface area (Å²) >= 11 is 3.84. The van der Waals surface area contributed by atoms with E-state index in [0.29, 0.717) is 31.9 Å². The molecule has 0 saturated heterocycles. The van der Waals surface area contributed by atoms with E-state index >= 15 is 0 Å². The fourth-order valence-electron chi connectivity index (χ4n) is 3.99. The van der Waals surface area contributed by atoms with Crippen LogP contribution in [0.15, 0.2) is 38.0 Å². The summed E-state index contributed by atoms with van der Waals surface area (Å²) in [6, 6.07) is 5.65. The monoisotopic (exact) mass is 567 g/mol. The number of rotatable bonds is 8. The molecule has 3 aromatic rings. The number of allylic oxidation sites excluding steroid dienone is 2. The number of carbonyl (C=O) groups is 1. The number of nitrogens with zero attached hydrogens (tertiary/aromatic N) is 1. The zero-order valence-corrected chi connectivity index (χ0v) is 21.5. The van der Waals surface area contributed by atoms with Crippen molar-refractivity contribution >= 4 is 62.5 Å². The van der Waals surface area contributed by atoms with Gasteiger partial charge in [0, 0.05) is 0 Å². The molecule has 0 aliphatic heterocycles. The van der Waals surface area contributed by atoms with Gasteiger partial charge in [-0.25, -0.2) is 0 Å². The third-order valence-electron chi connectivity index (χ3n) is 5.73. The number of methoxy groups -OCH3 is 2. The summed E-state index contributed by atoms with van der Waals surface area (Å²) in [6.07, 6.45) is 7.02. The predicted molar refractivity (Wildman–Crippen MR) is 131 cm³/mol. The normalized spacial score (nSPS) is 14.2. The van der Waals surface area contributed by atoms with Crippen LogP contribution in [0.25, 0.3) is 26.2 Å². The van der Waals surface area contributed by atoms with E-state index in [-0.39, 0.29) is 26.0 Å². The van der Waals surface area contributed by atoms with Crippen LogP contribution in [-0.2, 0) is 9.47 Å². The molecule has 8 heteroatoms. The Balaban J connectivity index is 1.76. The topological polar surface area (TPSA) is 69.0 Å². The van der Waals surface area contributed by atoms with Crippen molar-refractivity contribution in [2.75, 3.05) is 40.5 Å². The van der Waals surface area contributed by atoms with Gasteiger partial charge in [-0.15, -0.1) is 0 Å². The van der Waals surface area contributed by atoms with Gasteiger partial charge < -0.3 is 0 Å². The maximum atomic E-state index is 13.1. The van der Waals surface area contributed by atoms with Crippen molar-refractivity contribution in [2.24, 2.45) is 0 Å². The molecule has 0 bridgehead atoms. The van der Waals surface area contributed by atoms with Crippen LogP contribution in [0.1, 0.15) is 40.5 Å². The Morgan fingerprint density at radius 3 is 2.59 bits per heavy atom. The summed E-state index contributed by atoms with van der Waals surface area (Å²) in [5.74, 6) is -0.367. The number of benzene rings is 1. The van der Waals surface area contributed by atoms with Gasteiger partial charge in [0.05, 0.1) is 0 Å². The molecule has 1 aliphatic carbocycles. The summed E-state index contributed by atoms with van der Waals surface area (Å²) in [7, 11) is 3.16. The van der Waals surface area contributed by atoms with E-state index in [1.54, 1.807) is 25.2 Å². The molecule has 170 valence electrons. The first-order valence-corrected chi connectivity index (χ1v) is 13.2. The Morgan fingerprint density at radius 2 is 1.94 bits per heavy atom. The first-order valence-electron chi connectivity index (χ1n) is 10.7. The fraction of sp³-hybridized carbons (Fsp3) is 0.417. The molecule has 1 amide bonds. The van der Waals surface area contributed by atoms with Crippen molar-refractivity contribution in [3.05, 3.63) is 49.2 Å². The molecule has 0 spiro atoms. The van der Waals surface area contributed by atoms with E-state index in [4.69, 9.17) is 13.9 Å². The Hall–Kier alpha value is -1.70. The van der Waals surface area contributed by atoms with Crippen molar-refractivity contribution in [2.45, 2.75) is 25.7 Å². The van der Waals surface area contributed by atoms with Gasteiger partial charge in [0.15, 0.2) is 0 Å². The van der Waals surface area contributed by atoms with Crippen LogP contribution in [0, 0.1) is 0 Å². The minimum atomic E-state index is -0.604. The average Bonchev–Trinajstić information content (AvgIpc) is 3.16. The molecule has 32 heavy (non-hydrogen) atoms. The Labute approximate surface area is 201 Å². The Morgan fingerprint density at radius 1 is 1.19 bits per heavy atom. The van der Waals surface area contributed by atoms with Gasteiger partial charge in [0.2, 0.25) is 0 Å². The molecular weight excluding hydrogens is 541 g/mol. The van der Waals surface area contributed by atoms with Crippen LogP contribution < -0.4 is 5.63 Å². The molecule has 0 atom stereocenters. The molecule has 1 aromatic carbocycles. The van der Waals surface area contributed by atoms with Crippen LogP contribution in [0.5, 0.6) is 0 Å². The van der Waals surface area contributed by atoms with E-state index in [1.807, 2.05) is 6.07 Å². The fourth-order valence-corrected chi connectivity index (χ4v) is 7.92. The Kier molecular flexibility index (Phi) is 7.69. The minimum absolute atomic E-state index is 0.0393. The number of amides is 1. The summed E-state index contributed by atoms with van der Waals surface area (Å²) in [5.41, 5.74) is 1.44. The van der Waals surface area contributed by atoms with Crippen LogP contribution in [0.4, 0.5) is 0 Å². The molecule has 0 radical (unpaired) electrons. The standard InChI is InChI=1S/C24H26BrNO5Se/c1-29-12-10-26(11-13-30-2)23(27)18-14-16-8-9-17-19(25)21(15-6-4-3-5-7-15)32-22(17)20(16)31-24(18)28/h6,8-9,14H,3-5,7,10-13H2,1-2H3. The quantitative estimate of drug-likeness (QED) is 0.297. The Bertz CT molecular complexity index is 1220. The van der Waals surface area contributed by atoms with Gasteiger partial charge in [-0.1, -0.05) is 0 Å². The number of fused-ring (bicyclic) bond motifs is 3. The van der Waals surface area contributed by atoms with Gasteiger partial charge >= 0.3 is 201 Å². The molecule has 2 heterocycles. The number of hydrogen-bond donors (Lipinski definition) is 0. The first kappa shape index (κ1) is 23.5. The van der Waals surface area contributed by atoms with Crippen LogP contribution in [0.2, 0.25) is 0 Å². The average molecular weight is 567 g/mol. The summed E-state index contributed by atoms with van der Waals surface area (Å²) in [5, 5.41) is 1.86. The van der Waals surface area contributed by atoms with Gasteiger partial charge in [0.1, 0.15) is 0 Å². The van der Waals surface area contributed by atoms with Crippen LogP contribution >= 0.6 is 15.9 Å². The third kappa shape index (κ3) is 4.66. The second-order valence-corrected chi connectivity index (χ2v) is 10.7. The van der Waals surface area contributed by atoms with E-state index in [2.05, 4.69) is 28.1 Å². The molecule has 2 aromatic heterocycles. The van der Waals surface area contributed by atoms with Crippen molar-refractivity contribution in [1.29, 1.82) is 0 Å². The predicted octanol–water partition coefficient (Wildman–Crippen LogP) is 4.46. The van der Waals surface area contributed by atoms with Gasteiger partial charge in [-0.3, -0.25) is 0 Å². The molecule has 0 fully saturated rings. The van der Waals surface area contributed by atoms with Crippen LogP contribution in [0.3, 0.4) is 0 Å². The molecule has 0 N–H and O–H groups in total. The zero-order valence-electron chi connectivity index (χ0n) is 18.2. The van der Waals surface area contributed by atoms with Gasteiger partial charge in [-0.05, 0) is 0 Å². The molecule has 6 nitrogen and oxygen atoms in total. The SMILES string of the molecule is COCCN(CCOC)C(=O)c1cc2ccc3c(Br)c(C4=CCCCC4)[se]c3c2oc1=O. The summed E-state index contributed by atoms with van der Waals surface area (Å²) in [4.78, 5) is 27.5. The first-order chi connectivity index (χ1) is 15.5. The number of carbonyl (C=O) groups excluding carboxylic acids is 1. The van der Waals surface area contributed by atoms with Crippen molar-refractivity contribution in [3.8, 4) is 0 Å². The van der Waals surface area contributed by atoms with Gasteiger partial charge in [-0.2, -0.15) is 0 Å². The van der Waals surface area contributed by atoms with Gasteiger partial charge in [0.25, 0.3) is 0 Å². The van der Waals surface area contributed by atoms with Crippen molar-refractivity contribution in [1.82, 2.24) is 4.90 Å². The molecule has 0 unspecified atom stereocenters. The van der Waals surface area contributed by atoms with E-state index < -0.39 is 5.63 Å².